The lowest BCUT2D eigenvalue weighted by molar-refractivity contribution is 0.284. The first-order chi connectivity index (χ1) is 15.0. The van der Waals surface area contributed by atoms with Crippen molar-refractivity contribution in [3.05, 3.63) is 54.3 Å². The summed E-state index contributed by atoms with van der Waals surface area (Å²) >= 11 is 2.05. The van der Waals surface area contributed by atoms with Crippen LogP contribution in [-0.2, 0) is 10.0 Å². The molecular weight excluding hydrogens is 435 g/mol. The fourth-order valence-corrected chi connectivity index (χ4v) is 5.64. The molecule has 0 aromatic heterocycles. The highest BCUT2D eigenvalue weighted by molar-refractivity contribution is 7.99. The molecule has 1 aliphatic rings. The van der Waals surface area contributed by atoms with Gasteiger partial charge in [0.05, 0.1) is 17.2 Å². The predicted octanol–water partition coefficient (Wildman–Crippen LogP) is 4.64. The van der Waals surface area contributed by atoms with Gasteiger partial charge in [-0.25, -0.2) is 12.8 Å². The molecule has 2 aromatic carbocycles. The van der Waals surface area contributed by atoms with Crippen molar-refractivity contribution in [3.8, 4) is 5.75 Å². The molecule has 2 aromatic rings. The third-order valence-corrected chi connectivity index (χ3v) is 8.16. The highest BCUT2D eigenvalue weighted by Crippen LogP contribution is 2.24. The second-order valence-corrected chi connectivity index (χ2v) is 10.8. The predicted molar refractivity (Wildman–Crippen MR) is 126 cm³/mol. The van der Waals surface area contributed by atoms with Gasteiger partial charge in [-0.15, -0.1) is 0 Å². The summed E-state index contributed by atoms with van der Waals surface area (Å²) in [5, 5.41) is 0. The summed E-state index contributed by atoms with van der Waals surface area (Å²) in [6.07, 6.45) is 4.63. The van der Waals surface area contributed by atoms with E-state index in [9.17, 15) is 12.8 Å². The Bertz CT molecular complexity index is 899. The van der Waals surface area contributed by atoms with Gasteiger partial charge in [0.25, 0.3) is 10.0 Å². The standard InChI is InChI=1S/C23H31FN2O3S2/c1-25(31(27,28)23-12-6-20(24)7-13-23)21-8-10-22(11-9-21)29-17-5-3-2-4-14-26-15-18-30-19-16-26/h6-13H,2-5,14-19H2,1H3. The van der Waals surface area contributed by atoms with E-state index in [0.717, 1.165) is 30.7 Å². The largest absolute Gasteiger partial charge is 0.494 e. The number of benzene rings is 2. The second-order valence-electron chi connectivity index (χ2n) is 7.64. The Morgan fingerprint density at radius 3 is 2.29 bits per heavy atom. The first-order valence-corrected chi connectivity index (χ1v) is 13.3. The zero-order chi connectivity index (χ0) is 22.1. The minimum Gasteiger partial charge on any atom is -0.494 e. The normalized spacial score (nSPS) is 15.0. The van der Waals surface area contributed by atoms with Crippen molar-refractivity contribution < 1.29 is 17.5 Å². The van der Waals surface area contributed by atoms with Crippen LogP contribution in [0.3, 0.4) is 0 Å². The maximum absolute atomic E-state index is 13.1. The smallest absolute Gasteiger partial charge is 0.264 e. The topological polar surface area (TPSA) is 49.9 Å². The van der Waals surface area contributed by atoms with E-state index in [2.05, 4.69) is 4.90 Å². The number of hydrogen-bond donors (Lipinski definition) is 0. The van der Waals surface area contributed by atoms with E-state index in [1.54, 1.807) is 24.3 Å². The molecule has 0 aliphatic carbocycles. The zero-order valence-electron chi connectivity index (χ0n) is 18.0. The Hall–Kier alpha value is -1.77. The molecule has 3 rings (SSSR count). The Balaban J connectivity index is 1.39. The minimum absolute atomic E-state index is 0.0518. The van der Waals surface area contributed by atoms with Gasteiger partial charge in [0.1, 0.15) is 11.6 Å². The molecule has 8 heteroatoms. The van der Waals surface area contributed by atoms with E-state index in [1.807, 2.05) is 11.8 Å². The molecule has 31 heavy (non-hydrogen) atoms. The van der Waals surface area contributed by atoms with Crippen LogP contribution >= 0.6 is 11.8 Å². The summed E-state index contributed by atoms with van der Waals surface area (Å²) in [5.41, 5.74) is 0.521. The quantitative estimate of drug-likeness (QED) is 0.452. The van der Waals surface area contributed by atoms with Crippen molar-refractivity contribution in [2.75, 3.05) is 49.1 Å². The van der Waals surface area contributed by atoms with Crippen molar-refractivity contribution >= 4 is 27.5 Å². The van der Waals surface area contributed by atoms with Crippen LogP contribution in [0, 0.1) is 5.82 Å². The van der Waals surface area contributed by atoms with Gasteiger partial charge in [0, 0.05) is 31.6 Å². The number of thioether (sulfide) groups is 1. The molecule has 0 saturated carbocycles. The Labute approximate surface area is 189 Å². The lowest BCUT2D eigenvalue weighted by atomic mass is 10.2. The third kappa shape index (κ3) is 7.12. The summed E-state index contributed by atoms with van der Waals surface area (Å²) in [5.74, 6) is 2.78. The van der Waals surface area contributed by atoms with Crippen molar-refractivity contribution in [2.24, 2.45) is 0 Å². The molecule has 0 unspecified atom stereocenters. The highest BCUT2D eigenvalue weighted by Gasteiger charge is 2.21. The van der Waals surface area contributed by atoms with E-state index >= 15 is 0 Å². The van der Waals surface area contributed by atoms with E-state index in [-0.39, 0.29) is 4.90 Å². The molecule has 1 aliphatic heterocycles. The lowest BCUT2D eigenvalue weighted by Gasteiger charge is -2.25. The molecular formula is C23H31FN2O3S2. The molecule has 0 amide bonds. The third-order valence-electron chi connectivity index (χ3n) is 5.41. The fraction of sp³-hybridized carbons (Fsp3) is 0.478. The Kier molecular flexibility index (Phi) is 9.04. The van der Waals surface area contributed by atoms with Crippen LogP contribution < -0.4 is 9.04 Å². The number of rotatable bonds is 11. The van der Waals surface area contributed by atoms with E-state index in [1.165, 1.54) is 67.5 Å². The van der Waals surface area contributed by atoms with Gasteiger partial charge in [0.2, 0.25) is 0 Å². The van der Waals surface area contributed by atoms with Crippen LogP contribution in [0.1, 0.15) is 25.7 Å². The average Bonchev–Trinajstić information content (AvgIpc) is 2.79. The van der Waals surface area contributed by atoms with E-state index < -0.39 is 15.8 Å². The average molecular weight is 467 g/mol. The van der Waals surface area contributed by atoms with Crippen molar-refractivity contribution in [1.29, 1.82) is 0 Å². The molecule has 0 radical (unpaired) electrons. The van der Waals surface area contributed by atoms with E-state index in [0.29, 0.717) is 12.3 Å². The summed E-state index contributed by atoms with van der Waals surface area (Å²) in [6.45, 7) is 4.31. The first kappa shape index (κ1) is 23.9. The molecule has 0 N–H and O–H groups in total. The maximum atomic E-state index is 13.1. The van der Waals surface area contributed by atoms with Crippen LogP contribution in [0.15, 0.2) is 53.4 Å². The fourth-order valence-electron chi connectivity index (χ4n) is 3.46. The first-order valence-electron chi connectivity index (χ1n) is 10.7. The second kappa shape index (κ2) is 11.7. The highest BCUT2D eigenvalue weighted by atomic mass is 32.2. The number of anilines is 1. The molecule has 1 saturated heterocycles. The van der Waals surface area contributed by atoms with Crippen LogP contribution in [0.5, 0.6) is 5.75 Å². The maximum Gasteiger partial charge on any atom is 0.264 e. The summed E-state index contributed by atoms with van der Waals surface area (Å²) < 4.78 is 45.5. The summed E-state index contributed by atoms with van der Waals surface area (Å²) in [4.78, 5) is 2.61. The molecule has 0 bridgehead atoms. The monoisotopic (exact) mass is 466 g/mol. The number of sulfonamides is 1. The molecule has 1 fully saturated rings. The Morgan fingerprint density at radius 2 is 1.61 bits per heavy atom. The number of hydrogen-bond acceptors (Lipinski definition) is 5. The number of ether oxygens (including phenoxy) is 1. The van der Waals surface area contributed by atoms with Gasteiger partial charge in [0.15, 0.2) is 0 Å². The lowest BCUT2D eigenvalue weighted by Crippen LogP contribution is -2.33. The SMILES string of the molecule is CN(c1ccc(OCCCCCCN2CCSCC2)cc1)S(=O)(=O)c1ccc(F)cc1. The molecule has 170 valence electrons. The number of unbranched alkanes of at least 4 members (excludes halogenated alkanes) is 3. The molecule has 0 spiro atoms. The van der Waals surface area contributed by atoms with Crippen molar-refractivity contribution in [3.63, 3.8) is 0 Å². The summed E-state index contributed by atoms with van der Waals surface area (Å²) in [7, 11) is -2.26. The van der Waals surface area contributed by atoms with Crippen molar-refractivity contribution in [2.45, 2.75) is 30.6 Å². The van der Waals surface area contributed by atoms with Gasteiger partial charge in [-0.1, -0.05) is 12.8 Å². The van der Waals surface area contributed by atoms with Gasteiger partial charge >= 0.3 is 0 Å². The molecule has 0 atom stereocenters. The van der Waals surface area contributed by atoms with Gasteiger partial charge in [-0.2, -0.15) is 11.8 Å². The number of nitrogens with zero attached hydrogens (tertiary/aromatic N) is 2. The van der Waals surface area contributed by atoms with E-state index in [4.69, 9.17) is 4.74 Å². The molecule has 1 heterocycles. The van der Waals surface area contributed by atoms with Gasteiger partial charge in [-0.05, 0) is 67.9 Å². The Morgan fingerprint density at radius 1 is 0.968 bits per heavy atom. The summed E-state index contributed by atoms with van der Waals surface area (Å²) in [6, 6.07) is 11.8. The van der Waals surface area contributed by atoms with Crippen LogP contribution in [0.4, 0.5) is 10.1 Å². The van der Waals surface area contributed by atoms with Crippen LogP contribution in [0.2, 0.25) is 0 Å². The molecule has 5 nitrogen and oxygen atoms in total. The minimum atomic E-state index is -3.74. The van der Waals surface area contributed by atoms with Gasteiger partial charge in [-0.3, -0.25) is 4.31 Å². The van der Waals surface area contributed by atoms with Crippen molar-refractivity contribution in [1.82, 2.24) is 4.90 Å². The number of halogens is 1. The zero-order valence-corrected chi connectivity index (χ0v) is 19.6. The van der Waals surface area contributed by atoms with Crippen LogP contribution in [0.25, 0.3) is 0 Å². The van der Waals surface area contributed by atoms with Crippen LogP contribution in [-0.4, -0.2) is 58.1 Å². The van der Waals surface area contributed by atoms with Gasteiger partial charge < -0.3 is 9.64 Å².